The Morgan fingerprint density at radius 3 is 2.65 bits per heavy atom. The van der Waals surface area contributed by atoms with Gasteiger partial charge in [0.05, 0.1) is 0 Å². The minimum atomic E-state index is -0.373. The average Bonchev–Trinajstić information content (AvgIpc) is 3.14. The first kappa shape index (κ1) is 20.3. The molecule has 7 heteroatoms. The van der Waals surface area contributed by atoms with Crippen LogP contribution in [-0.4, -0.2) is 20.5 Å². The summed E-state index contributed by atoms with van der Waals surface area (Å²) in [7, 11) is 0. The van der Waals surface area contributed by atoms with Crippen LogP contribution in [0.4, 0.5) is 5.95 Å². The van der Waals surface area contributed by atoms with E-state index in [2.05, 4.69) is 31.3 Å². The summed E-state index contributed by atoms with van der Waals surface area (Å²) in [6, 6.07) is 17.6. The molecule has 0 saturated carbocycles. The van der Waals surface area contributed by atoms with Crippen molar-refractivity contribution >= 4 is 35.1 Å². The van der Waals surface area contributed by atoms with Crippen LogP contribution in [0.1, 0.15) is 43.9 Å². The molecule has 0 saturated heterocycles. The third-order valence-corrected chi connectivity index (χ3v) is 6.98. The van der Waals surface area contributed by atoms with Gasteiger partial charge in [0.1, 0.15) is 6.04 Å². The van der Waals surface area contributed by atoms with Gasteiger partial charge in [-0.3, -0.25) is 4.79 Å². The summed E-state index contributed by atoms with van der Waals surface area (Å²) in [4.78, 5) is 18.0. The van der Waals surface area contributed by atoms with Gasteiger partial charge in [-0.25, -0.2) is 4.68 Å². The van der Waals surface area contributed by atoms with Gasteiger partial charge in [-0.05, 0) is 23.5 Å². The zero-order chi connectivity index (χ0) is 21.6. The number of Topliss-reactive ketones (excluding diaryl/α,β-unsaturated/α-hetero) is 1. The number of anilines is 1. The van der Waals surface area contributed by atoms with Crippen LogP contribution < -0.4 is 5.32 Å². The second-order valence-corrected chi connectivity index (χ2v) is 10.2. The molecular weight excluding hydrogens is 428 g/mol. The molecule has 0 fully saturated rings. The molecule has 31 heavy (non-hydrogen) atoms. The third kappa shape index (κ3) is 3.90. The second-order valence-electron chi connectivity index (χ2n) is 8.82. The molecule has 5 rings (SSSR count). The van der Waals surface area contributed by atoms with Crippen molar-refractivity contribution in [3.63, 3.8) is 0 Å². The van der Waals surface area contributed by atoms with Crippen molar-refractivity contribution in [1.82, 2.24) is 14.8 Å². The smallest absolute Gasteiger partial charge is 0.227 e. The molecule has 0 amide bonds. The normalized spacial score (nSPS) is 19.6. The number of nitrogens with zero attached hydrogens (tertiary/aromatic N) is 3. The lowest BCUT2D eigenvalue weighted by Crippen LogP contribution is -2.36. The van der Waals surface area contributed by atoms with E-state index in [0.717, 1.165) is 29.0 Å². The first-order chi connectivity index (χ1) is 14.9. The van der Waals surface area contributed by atoms with Crippen molar-refractivity contribution in [2.75, 3.05) is 5.32 Å². The van der Waals surface area contributed by atoms with Gasteiger partial charge < -0.3 is 5.32 Å². The molecule has 5 nitrogen and oxygen atoms in total. The van der Waals surface area contributed by atoms with Gasteiger partial charge >= 0.3 is 0 Å². The number of nitrogens with one attached hydrogen (secondary N) is 1. The molecule has 158 valence electrons. The standard InChI is InChI=1S/C24H23ClN4OS/c1-24(2)12-18-20(19(30)13-24)21(16-10-6-7-11-17(16)25)29-22(26-18)27-23(28-29)31-14-15-8-4-3-5-9-15/h3-11,21H,12-14H2,1-2H3,(H,26,27,28)/t21-/m1/s1. The third-order valence-electron chi connectivity index (χ3n) is 5.72. The quantitative estimate of drug-likeness (QED) is 0.503. The number of allylic oxidation sites excluding steroid dienone is 2. The van der Waals surface area contributed by atoms with Crippen LogP contribution >= 0.6 is 23.4 Å². The number of ketones is 1. The topological polar surface area (TPSA) is 59.8 Å². The van der Waals surface area contributed by atoms with Crippen LogP contribution in [0.5, 0.6) is 0 Å². The van der Waals surface area contributed by atoms with E-state index in [1.165, 1.54) is 5.56 Å². The number of carbonyl (C=O) groups is 1. The average molecular weight is 451 g/mol. The van der Waals surface area contributed by atoms with Crippen molar-refractivity contribution in [2.45, 2.75) is 43.6 Å². The maximum atomic E-state index is 13.3. The van der Waals surface area contributed by atoms with Crippen LogP contribution in [0, 0.1) is 5.41 Å². The first-order valence-corrected chi connectivity index (χ1v) is 11.7. The summed E-state index contributed by atoms with van der Waals surface area (Å²) in [5, 5.41) is 9.50. The number of aromatic nitrogens is 3. The van der Waals surface area contributed by atoms with Gasteiger partial charge in [0, 0.05) is 34.0 Å². The SMILES string of the molecule is CC1(C)CC(=O)C2=C(C1)Nc1nc(SCc3ccccc3)nn1[C@@H]2c1ccccc1Cl. The molecule has 0 radical (unpaired) electrons. The van der Waals surface area contributed by atoms with Gasteiger partial charge in [0.2, 0.25) is 11.1 Å². The summed E-state index contributed by atoms with van der Waals surface area (Å²) in [6.45, 7) is 4.25. The number of carbonyl (C=O) groups excluding carboxylic acids is 1. The summed E-state index contributed by atoms with van der Waals surface area (Å²) in [5.74, 6) is 1.58. The van der Waals surface area contributed by atoms with Gasteiger partial charge in [0.15, 0.2) is 5.78 Å². The molecule has 2 heterocycles. The van der Waals surface area contributed by atoms with Gasteiger partial charge in [-0.15, -0.1) is 5.10 Å². The highest BCUT2D eigenvalue weighted by Crippen LogP contribution is 2.46. The molecule has 2 aromatic carbocycles. The lowest BCUT2D eigenvalue weighted by atomic mass is 9.73. The van der Waals surface area contributed by atoms with E-state index in [0.29, 0.717) is 22.5 Å². The van der Waals surface area contributed by atoms with E-state index in [4.69, 9.17) is 21.7 Å². The van der Waals surface area contributed by atoms with Crippen LogP contribution in [0.3, 0.4) is 0 Å². The minimum Gasteiger partial charge on any atom is -0.328 e. The second kappa shape index (κ2) is 7.84. The maximum absolute atomic E-state index is 13.3. The Hall–Kier alpha value is -2.57. The van der Waals surface area contributed by atoms with E-state index in [-0.39, 0.29) is 17.2 Å². The van der Waals surface area contributed by atoms with Crippen molar-refractivity contribution in [2.24, 2.45) is 5.41 Å². The molecule has 1 aliphatic heterocycles. The fraction of sp³-hybridized carbons (Fsp3) is 0.292. The lowest BCUT2D eigenvalue weighted by Gasteiger charge is -2.38. The highest BCUT2D eigenvalue weighted by molar-refractivity contribution is 7.98. The number of benzene rings is 2. The summed E-state index contributed by atoms with van der Waals surface area (Å²) >= 11 is 8.17. The van der Waals surface area contributed by atoms with Crippen molar-refractivity contribution in [3.05, 3.63) is 82.0 Å². The Morgan fingerprint density at radius 2 is 1.87 bits per heavy atom. The van der Waals surface area contributed by atoms with E-state index in [9.17, 15) is 4.79 Å². The first-order valence-electron chi connectivity index (χ1n) is 10.3. The van der Waals surface area contributed by atoms with Crippen LogP contribution in [0.15, 0.2) is 71.0 Å². The van der Waals surface area contributed by atoms with Crippen LogP contribution in [0.2, 0.25) is 5.02 Å². The zero-order valence-corrected chi connectivity index (χ0v) is 19.0. The summed E-state index contributed by atoms with van der Waals surface area (Å²) in [6.07, 6.45) is 1.29. The van der Waals surface area contributed by atoms with E-state index in [1.807, 2.05) is 47.1 Å². The molecular formula is C24H23ClN4OS. The largest absolute Gasteiger partial charge is 0.328 e. The Morgan fingerprint density at radius 1 is 1.13 bits per heavy atom. The Labute approximate surface area is 190 Å². The van der Waals surface area contributed by atoms with Crippen molar-refractivity contribution in [1.29, 1.82) is 0 Å². The number of hydrogen-bond acceptors (Lipinski definition) is 5. The van der Waals surface area contributed by atoms with E-state index < -0.39 is 0 Å². The summed E-state index contributed by atoms with van der Waals surface area (Å²) in [5.41, 5.74) is 3.68. The van der Waals surface area contributed by atoms with Crippen molar-refractivity contribution < 1.29 is 4.79 Å². The highest BCUT2D eigenvalue weighted by atomic mass is 35.5. The molecule has 0 unspecified atom stereocenters. The number of rotatable bonds is 4. The number of fused-ring (bicyclic) bond motifs is 1. The minimum absolute atomic E-state index is 0.0962. The Bertz CT molecular complexity index is 1190. The monoisotopic (exact) mass is 450 g/mol. The zero-order valence-electron chi connectivity index (χ0n) is 17.4. The van der Waals surface area contributed by atoms with E-state index in [1.54, 1.807) is 11.8 Å². The number of halogens is 1. The fourth-order valence-electron chi connectivity index (χ4n) is 4.36. The fourth-order valence-corrected chi connectivity index (χ4v) is 5.38. The van der Waals surface area contributed by atoms with Gasteiger partial charge in [-0.1, -0.05) is 85.7 Å². The Balaban J connectivity index is 1.56. The molecule has 0 spiro atoms. The molecule has 2 aliphatic rings. The predicted molar refractivity (Wildman–Crippen MR) is 124 cm³/mol. The molecule has 1 atom stereocenters. The Kier molecular flexibility index (Phi) is 5.15. The van der Waals surface area contributed by atoms with Crippen LogP contribution in [0.25, 0.3) is 0 Å². The maximum Gasteiger partial charge on any atom is 0.227 e. The van der Waals surface area contributed by atoms with E-state index >= 15 is 0 Å². The molecule has 1 N–H and O–H groups in total. The van der Waals surface area contributed by atoms with Crippen LogP contribution in [-0.2, 0) is 10.5 Å². The molecule has 3 aromatic rings. The van der Waals surface area contributed by atoms with Gasteiger partial charge in [-0.2, -0.15) is 4.98 Å². The van der Waals surface area contributed by atoms with Crippen molar-refractivity contribution in [3.8, 4) is 0 Å². The lowest BCUT2D eigenvalue weighted by molar-refractivity contribution is -0.118. The highest BCUT2D eigenvalue weighted by Gasteiger charge is 2.42. The van der Waals surface area contributed by atoms with Gasteiger partial charge in [0.25, 0.3) is 0 Å². The number of hydrogen-bond donors (Lipinski definition) is 1. The summed E-state index contributed by atoms with van der Waals surface area (Å²) < 4.78 is 1.82. The molecule has 1 aromatic heterocycles. The number of thioether (sulfide) groups is 1. The molecule has 1 aliphatic carbocycles. The predicted octanol–water partition coefficient (Wildman–Crippen LogP) is 5.88. The molecule has 0 bridgehead atoms.